The molecule has 0 radical (unpaired) electrons. The Balaban J connectivity index is 2.41. The van der Waals surface area contributed by atoms with E-state index in [0.717, 1.165) is 0 Å². The Morgan fingerprint density at radius 1 is 1.06 bits per heavy atom. The molecule has 0 amide bonds. The van der Waals surface area contributed by atoms with Gasteiger partial charge in [-0.25, -0.2) is 0 Å². The predicted molar refractivity (Wildman–Crippen MR) is 69.7 cm³/mol. The first kappa shape index (κ1) is 11.1. The molecular formula is C15H19N. The fourth-order valence-electron chi connectivity index (χ4n) is 2.07. The number of hydrogen-bond donors (Lipinski definition) is 0. The zero-order chi connectivity index (χ0) is 11.8. The fraction of sp³-hybridized carbons (Fsp3) is 0.400. The maximum absolute atomic E-state index is 4.79. The predicted octanol–water partition coefficient (Wildman–Crippen LogP) is 4.06. The molecule has 1 heteroatoms. The number of nitrogens with zero attached hydrogens (tertiary/aromatic N) is 1. The van der Waals surface area contributed by atoms with E-state index >= 15 is 0 Å². The van der Waals surface area contributed by atoms with E-state index in [1.807, 2.05) is 6.07 Å². The minimum absolute atomic E-state index is 0.0565. The van der Waals surface area contributed by atoms with Crippen molar-refractivity contribution in [2.45, 2.75) is 27.7 Å². The molecule has 1 heterocycles. The largest absolute Gasteiger partial charge is 0.256 e. The molecule has 84 valence electrons. The zero-order valence-corrected chi connectivity index (χ0v) is 10.5. The molecular weight excluding hydrogens is 194 g/mol. The van der Waals surface area contributed by atoms with Crippen LogP contribution in [0.3, 0.4) is 0 Å². The first-order chi connectivity index (χ1) is 7.50. The Hall–Kier alpha value is -1.37. The molecule has 0 bridgehead atoms. The van der Waals surface area contributed by atoms with Gasteiger partial charge in [0.05, 0.1) is 5.71 Å². The summed E-state index contributed by atoms with van der Waals surface area (Å²) in [7, 11) is 0. The summed E-state index contributed by atoms with van der Waals surface area (Å²) >= 11 is 0. The van der Waals surface area contributed by atoms with Crippen molar-refractivity contribution in [1.29, 1.82) is 0 Å². The molecule has 0 saturated heterocycles. The molecule has 16 heavy (non-hydrogen) atoms. The van der Waals surface area contributed by atoms with E-state index in [0.29, 0.717) is 5.92 Å². The van der Waals surface area contributed by atoms with Gasteiger partial charge >= 0.3 is 0 Å². The third-order valence-corrected chi connectivity index (χ3v) is 3.00. The van der Waals surface area contributed by atoms with E-state index in [1.165, 1.54) is 17.0 Å². The van der Waals surface area contributed by atoms with E-state index in [1.54, 1.807) is 0 Å². The van der Waals surface area contributed by atoms with Crippen molar-refractivity contribution in [3.05, 3.63) is 47.7 Å². The van der Waals surface area contributed by atoms with Gasteiger partial charge in [-0.1, -0.05) is 64.1 Å². The Morgan fingerprint density at radius 2 is 1.69 bits per heavy atom. The molecule has 0 N–H and O–H groups in total. The second-order valence-electron chi connectivity index (χ2n) is 5.27. The van der Waals surface area contributed by atoms with Crippen molar-refractivity contribution in [3.8, 4) is 0 Å². The van der Waals surface area contributed by atoms with Crippen molar-refractivity contribution >= 4 is 5.71 Å². The van der Waals surface area contributed by atoms with Crippen LogP contribution in [0.2, 0.25) is 0 Å². The molecule has 1 aliphatic rings. The molecule has 0 aromatic heterocycles. The molecule has 0 unspecified atom stereocenters. The van der Waals surface area contributed by atoms with Crippen LogP contribution in [0.25, 0.3) is 0 Å². The topological polar surface area (TPSA) is 12.4 Å². The van der Waals surface area contributed by atoms with Crippen LogP contribution in [0.5, 0.6) is 0 Å². The number of rotatable bonds is 2. The van der Waals surface area contributed by atoms with Crippen LogP contribution >= 0.6 is 0 Å². The average Bonchev–Trinajstić information content (AvgIpc) is 2.56. The summed E-state index contributed by atoms with van der Waals surface area (Å²) in [6.07, 6.45) is 2.29. The smallest absolute Gasteiger partial charge is 0.0573 e. The van der Waals surface area contributed by atoms with E-state index < -0.39 is 0 Å². The number of allylic oxidation sites excluding steroid dienone is 2. The highest BCUT2D eigenvalue weighted by Crippen LogP contribution is 2.34. The third-order valence-electron chi connectivity index (χ3n) is 3.00. The van der Waals surface area contributed by atoms with Gasteiger partial charge in [-0.15, -0.1) is 0 Å². The van der Waals surface area contributed by atoms with Crippen LogP contribution in [0.4, 0.5) is 0 Å². The van der Waals surface area contributed by atoms with Crippen molar-refractivity contribution in [1.82, 2.24) is 0 Å². The highest BCUT2D eigenvalue weighted by molar-refractivity contribution is 6.07. The Labute approximate surface area is 97.9 Å². The number of benzene rings is 1. The Bertz CT molecular complexity index is 436. The van der Waals surface area contributed by atoms with E-state index in [4.69, 9.17) is 4.99 Å². The second kappa shape index (κ2) is 3.89. The highest BCUT2D eigenvalue weighted by atomic mass is 14.8. The van der Waals surface area contributed by atoms with E-state index in [-0.39, 0.29) is 5.41 Å². The minimum atomic E-state index is 0.0565. The summed E-state index contributed by atoms with van der Waals surface area (Å²) in [6.45, 7) is 8.85. The zero-order valence-electron chi connectivity index (χ0n) is 10.5. The molecule has 0 aliphatic carbocycles. The monoisotopic (exact) mass is 213 g/mol. The minimum Gasteiger partial charge on any atom is -0.256 e. The van der Waals surface area contributed by atoms with Crippen LogP contribution < -0.4 is 0 Å². The van der Waals surface area contributed by atoms with Gasteiger partial charge < -0.3 is 0 Å². The molecule has 1 aromatic rings. The van der Waals surface area contributed by atoms with Gasteiger partial charge in [-0.2, -0.15) is 0 Å². The van der Waals surface area contributed by atoms with Gasteiger partial charge in [0.1, 0.15) is 0 Å². The van der Waals surface area contributed by atoms with Crippen LogP contribution in [-0.2, 0) is 0 Å². The van der Waals surface area contributed by atoms with Gasteiger partial charge in [0.2, 0.25) is 0 Å². The quantitative estimate of drug-likeness (QED) is 0.702. The van der Waals surface area contributed by atoms with Gasteiger partial charge in [0.25, 0.3) is 0 Å². The molecule has 0 fully saturated rings. The van der Waals surface area contributed by atoms with Crippen LogP contribution in [0.15, 0.2) is 47.1 Å². The van der Waals surface area contributed by atoms with Crippen LogP contribution in [0.1, 0.15) is 33.3 Å². The van der Waals surface area contributed by atoms with Crippen molar-refractivity contribution in [2.75, 3.05) is 0 Å². The molecule has 0 saturated carbocycles. The molecule has 2 rings (SSSR count). The summed E-state index contributed by atoms with van der Waals surface area (Å²) < 4.78 is 0. The molecule has 1 nitrogen and oxygen atoms in total. The lowest BCUT2D eigenvalue weighted by molar-refractivity contribution is 0.676. The highest BCUT2D eigenvalue weighted by Gasteiger charge is 2.30. The van der Waals surface area contributed by atoms with Crippen LogP contribution in [0, 0.1) is 11.3 Å². The maximum atomic E-state index is 4.79. The first-order valence-electron chi connectivity index (χ1n) is 5.88. The number of hydrogen-bond acceptors (Lipinski definition) is 1. The first-order valence-corrected chi connectivity index (χ1v) is 5.88. The van der Waals surface area contributed by atoms with Crippen molar-refractivity contribution in [3.63, 3.8) is 0 Å². The second-order valence-corrected chi connectivity index (χ2v) is 5.27. The van der Waals surface area contributed by atoms with Gasteiger partial charge in [-0.3, -0.25) is 4.99 Å². The fourth-order valence-corrected chi connectivity index (χ4v) is 2.07. The van der Waals surface area contributed by atoms with E-state index in [9.17, 15) is 0 Å². The summed E-state index contributed by atoms with van der Waals surface area (Å²) in [5.74, 6) is 0.500. The summed E-state index contributed by atoms with van der Waals surface area (Å²) in [5.41, 5.74) is 3.70. The van der Waals surface area contributed by atoms with Crippen molar-refractivity contribution in [2.24, 2.45) is 16.3 Å². The van der Waals surface area contributed by atoms with Gasteiger partial charge in [-0.05, 0) is 11.5 Å². The molecule has 1 aliphatic heterocycles. The number of aliphatic imine (C=N–C) groups is 1. The summed E-state index contributed by atoms with van der Waals surface area (Å²) in [5, 5.41) is 0. The maximum Gasteiger partial charge on any atom is 0.0573 e. The average molecular weight is 213 g/mol. The summed E-state index contributed by atoms with van der Waals surface area (Å²) in [4.78, 5) is 4.79. The lowest BCUT2D eigenvalue weighted by atomic mass is 9.84. The normalized spacial score (nSPS) is 18.6. The molecule has 1 aromatic carbocycles. The van der Waals surface area contributed by atoms with E-state index in [2.05, 4.69) is 58.0 Å². The standard InChI is InChI=1S/C15H19N/c1-11(2)13-10-15(3,4)14(16-13)12-8-6-5-7-9-12/h5-11H,1-4H3. The molecule has 0 spiro atoms. The molecule has 0 atom stereocenters. The Kier molecular flexibility index (Phi) is 2.71. The van der Waals surface area contributed by atoms with Gasteiger partial charge in [0, 0.05) is 11.1 Å². The van der Waals surface area contributed by atoms with Crippen LogP contribution in [-0.4, -0.2) is 5.71 Å². The Morgan fingerprint density at radius 3 is 2.19 bits per heavy atom. The third kappa shape index (κ3) is 1.95. The van der Waals surface area contributed by atoms with Crippen molar-refractivity contribution < 1.29 is 0 Å². The SMILES string of the molecule is CC(C)C1=CC(C)(C)C(c2ccccc2)=N1. The lowest BCUT2D eigenvalue weighted by Crippen LogP contribution is -2.19. The summed E-state index contributed by atoms with van der Waals surface area (Å²) in [6, 6.07) is 10.5. The lowest BCUT2D eigenvalue weighted by Gasteiger charge is -2.18. The van der Waals surface area contributed by atoms with Gasteiger partial charge in [0.15, 0.2) is 0 Å².